The molecule has 3 unspecified atom stereocenters. The quantitative estimate of drug-likeness (QED) is 0.313. The van der Waals surface area contributed by atoms with Crippen molar-refractivity contribution < 1.29 is 23.7 Å². The summed E-state index contributed by atoms with van der Waals surface area (Å²) < 4.78 is 24.4. The van der Waals surface area contributed by atoms with Gasteiger partial charge in [0.2, 0.25) is 11.7 Å². The van der Waals surface area contributed by atoms with Crippen molar-refractivity contribution in [2.75, 3.05) is 21.3 Å². The molecule has 39 heavy (non-hydrogen) atoms. The zero-order chi connectivity index (χ0) is 26.9. The second kappa shape index (κ2) is 10.2. The number of aliphatic imine (C=N–C) groups is 1. The SMILES string of the molecule is COc1cc(C2CC(=O)C3C(=Nc4ncnn4C3c3cccc(Oc4ccccc4)c3)C2)cc(OC)c1OC. The highest BCUT2D eigenvalue weighted by atomic mass is 16.5. The highest BCUT2D eigenvalue weighted by Crippen LogP contribution is 2.47. The minimum Gasteiger partial charge on any atom is -0.493 e. The van der Waals surface area contributed by atoms with Gasteiger partial charge in [0.05, 0.1) is 33.3 Å². The van der Waals surface area contributed by atoms with Crippen LogP contribution >= 0.6 is 0 Å². The number of fused-ring (bicyclic) bond motifs is 2. The van der Waals surface area contributed by atoms with Gasteiger partial charge < -0.3 is 18.9 Å². The molecular weight excluding hydrogens is 496 g/mol. The van der Waals surface area contributed by atoms with Crippen LogP contribution in [0, 0.1) is 5.92 Å². The summed E-state index contributed by atoms with van der Waals surface area (Å²) in [5.41, 5.74) is 2.64. The highest BCUT2D eigenvalue weighted by molar-refractivity contribution is 6.10. The van der Waals surface area contributed by atoms with E-state index in [2.05, 4.69) is 10.1 Å². The lowest BCUT2D eigenvalue weighted by Crippen LogP contribution is -2.41. The van der Waals surface area contributed by atoms with E-state index < -0.39 is 5.92 Å². The van der Waals surface area contributed by atoms with E-state index in [0.29, 0.717) is 41.8 Å². The van der Waals surface area contributed by atoms with E-state index in [4.69, 9.17) is 23.9 Å². The van der Waals surface area contributed by atoms with Gasteiger partial charge in [0.25, 0.3) is 0 Å². The number of carbonyl (C=O) groups is 1. The monoisotopic (exact) mass is 524 g/mol. The van der Waals surface area contributed by atoms with Crippen molar-refractivity contribution >= 4 is 17.4 Å². The van der Waals surface area contributed by atoms with E-state index in [1.807, 2.05) is 66.7 Å². The average molecular weight is 525 g/mol. The first-order chi connectivity index (χ1) is 19.1. The molecule has 1 aliphatic carbocycles. The summed E-state index contributed by atoms with van der Waals surface area (Å²) in [6.07, 6.45) is 2.43. The molecule has 9 nitrogen and oxygen atoms in total. The summed E-state index contributed by atoms with van der Waals surface area (Å²) in [6.45, 7) is 0. The smallest absolute Gasteiger partial charge is 0.248 e. The molecule has 9 heteroatoms. The summed E-state index contributed by atoms with van der Waals surface area (Å²) in [4.78, 5) is 23.1. The Bertz CT molecular complexity index is 1520. The molecule has 0 amide bonds. The molecule has 1 fully saturated rings. The molecule has 6 rings (SSSR count). The van der Waals surface area contributed by atoms with Crippen LogP contribution in [0.15, 0.2) is 78.0 Å². The Morgan fingerprint density at radius 3 is 2.28 bits per heavy atom. The molecule has 0 bridgehead atoms. The van der Waals surface area contributed by atoms with Crippen LogP contribution in [-0.2, 0) is 4.79 Å². The molecule has 1 aliphatic heterocycles. The van der Waals surface area contributed by atoms with Gasteiger partial charge in [-0.1, -0.05) is 30.3 Å². The lowest BCUT2D eigenvalue weighted by molar-refractivity contribution is -0.122. The lowest BCUT2D eigenvalue weighted by atomic mass is 9.71. The standard InChI is InChI=1S/C30H28N4O5/c1-36-25-15-20(16-26(37-2)29(25)38-3)19-13-23-27(24(35)14-19)28(34-30(33-23)31-17-32-34)18-8-7-11-22(12-18)39-21-9-5-4-6-10-21/h4-12,15-17,19,27-28H,13-14H2,1-3H3. The maximum absolute atomic E-state index is 13.9. The van der Waals surface area contributed by atoms with Gasteiger partial charge >= 0.3 is 0 Å². The minimum atomic E-state index is -0.454. The van der Waals surface area contributed by atoms with Crippen molar-refractivity contribution in [1.82, 2.24) is 14.8 Å². The molecule has 3 atom stereocenters. The summed E-state index contributed by atoms with van der Waals surface area (Å²) >= 11 is 0. The average Bonchev–Trinajstić information content (AvgIpc) is 3.44. The van der Waals surface area contributed by atoms with Crippen LogP contribution in [0.2, 0.25) is 0 Å². The van der Waals surface area contributed by atoms with E-state index >= 15 is 0 Å². The number of methoxy groups -OCH3 is 3. The molecule has 1 saturated carbocycles. The number of hydrogen-bond acceptors (Lipinski definition) is 8. The Morgan fingerprint density at radius 2 is 1.56 bits per heavy atom. The lowest BCUT2D eigenvalue weighted by Gasteiger charge is -2.37. The number of aromatic nitrogens is 3. The molecule has 0 radical (unpaired) electrons. The van der Waals surface area contributed by atoms with Crippen molar-refractivity contribution in [3.8, 4) is 28.7 Å². The zero-order valence-corrected chi connectivity index (χ0v) is 21.9. The Hall–Kier alpha value is -4.66. The predicted octanol–water partition coefficient (Wildman–Crippen LogP) is 5.53. The number of nitrogens with zero attached hydrogens (tertiary/aromatic N) is 4. The third-order valence-corrected chi connectivity index (χ3v) is 7.32. The van der Waals surface area contributed by atoms with Crippen molar-refractivity contribution in [3.05, 3.63) is 84.2 Å². The normalized spacial score (nSPS) is 19.9. The number of Topliss-reactive ketones (excluding diaryl/α,β-unsaturated/α-hetero) is 1. The maximum atomic E-state index is 13.9. The Kier molecular flexibility index (Phi) is 6.48. The molecule has 198 valence electrons. The van der Waals surface area contributed by atoms with E-state index in [9.17, 15) is 4.79 Å². The number of ether oxygens (including phenoxy) is 4. The second-order valence-electron chi connectivity index (χ2n) is 9.55. The Labute approximate surface area is 226 Å². The molecular formula is C30H28N4O5. The second-order valence-corrected chi connectivity index (χ2v) is 9.55. The van der Waals surface area contributed by atoms with Crippen LogP contribution in [0.3, 0.4) is 0 Å². The molecule has 2 heterocycles. The number of carbonyl (C=O) groups excluding carboxylic acids is 1. The van der Waals surface area contributed by atoms with Crippen LogP contribution in [-0.4, -0.2) is 47.6 Å². The van der Waals surface area contributed by atoms with Crippen LogP contribution in [0.25, 0.3) is 0 Å². The molecule has 2 aliphatic rings. The van der Waals surface area contributed by atoms with Gasteiger partial charge in [-0.3, -0.25) is 4.79 Å². The van der Waals surface area contributed by atoms with Gasteiger partial charge in [-0.2, -0.15) is 10.1 Å². The van der Waals surface area contributed by atoms with E-state index in [1.54, 1.807) is 26.0 Å². The van der Waals surface area contributed by atoms with Crippen molar-refractivity contribution in [2.45, 2.75) is 24.8 Å². The Morgan fingerprint density at radius 1 is 0.821 bits per heavy atom. The first kappa shape index (κ1) is 24.7. The maximum Gasteiger partial charge on any atom is 0.248 e. The Balaban J connectivity index is 1.35. The summed E-state index contributed by atoms with van der Waals surface area (Å²) in [5.74, 6) is 3.09. The number of para-hydroxylation sites is 1. The molecule has 0 spiro atoms. The number of rotatable bonds is 7. The third-order valence-electron chi connectivity index (χ3n) is 7.32. The summed E-state index contributed by atoms with van der Waals surface area (Å²) in [7, 11) is 4.74. The fourth-order valence-electron chi connectivity index (χ4n) is 5.56. The number of hydrogen-bond donors (Lipinski definition) is 0. The molecule has 0 saturated heterocycles. The topological polar surface area (TPSA) is 97.1 Å². The van der Waals surface area contributed by atoms with E-state index in [-0.39, 0.29) is 17.7 Å². The molecule has 4 aromatic rings. The van der Waals surface area contributed by atoms with Gasteiger partial charge in [0.15, 0.2) is 11.5 Å². The molecule has 0 N–H and O–H groups in total. The van der Waals surface area contributed by atoms with Crippen molar-refractivity contribution in [3.63, 3.8) is 0 Å². The largest absolute Gasteiger partial charge is 0.493 e. The minimum absolute atomic E-state index is 0.0934. The van der Waals surface area contributed by atoms with Crippen LogP contribution in [0.5, 0.6) is 28.7 Å². The zero-order valence-electron chi connectivity index (χ0n) is 21.9. The first-order valence-electron chi connectivity index (χ1n) is 12.7. The van der Waals surface area contributed by atoms with Crippen LogP contribution in [0.4, 0.5) is 5.95 Å². The van der Waals surface area contributed by atoms with E-state index in [1.165, 1.54) is 6.33 Å². The van der Waals surface area contributed by atoms with Gasteiger partial charge in [-0.15, -0.1) is 0 Å². The third kappa shape index (κ3) is 4.50. The summed E-state index contributed by atoms with van der Waals surface area (Å²) in [6, 6.07) is 20.8. The van der Waals surface area contributed by atoms with Crippen LogP contribution < -0.4 is 18.9 Å². The fourth-order valence-corrected chi connectivity index (χ4v) is 5.56. The van der Waals surface area contributed by atoms with Gasteiger partial charge in [-0.05, 0) is 59.9 Å². The number of ketones is 1. The molecule has 3 aromatic carbocycles. The summed E-state index contributed by atoms with van der Waals surface area (Å²) in [5, 5.41) is 4.45. The van der Waals surface area contributed by atoms with Gasteiger partial charge in [0.1, 0.15) is 23.6 Å². The number of benzene rings is 3. The fraction of sp³-hybridized carbons (Fsp3) is 0.267. The van der Waals surface area contributed by atoms with E-state index in [0.717, 1.165) is 22.6 Å². The predicted molar refractivity (Wildman–Crippen MR) is 145 cm³/mol. The van der Waals surface area contributed by atoms with Crippen LogP contribution in [0.1, 0.15) is 35.9 Å². The van der Waals surface area contributed by atoms with Crippen molar-refractivity contribution in [2.24, 2.45) is 10.9 Å². The highest BCUT2D eigenvalue weighted by Gasteiger charge is 2.44. The van der Waals surface area contributed by atoms with Gasteiger partial charge in [-0.25, -0.2) is 9.67 Å². The van der Waals surface area contributed by atoms with Crippen molar-refractivity contribution in [1.29, 1.82) is 0 Å². The molecule has 1 aromatic heterocycles. The first-order valence-corrected chi connectivity index (χ1v) is 12.7. The van der Waals surface area contributed by atoms with Gasteiger partial charge in [0, 0.05) is 12.1 Å².